The Morgan fingerprint density at radius 2 is 2.18 bits per heavy atom. The van der Waals surface area contributed by atoms with Crippen LogP contribution in [0.25, 0.3) is 0 Å². The maximum absolute atomic E-state index is 5.60. The van der Waals surface area contributed by atoms with Crippen LogP contribution in [0.3, 0.4) is 0 Å². The predicted molar refractivity (Wildman–Crippen MR) is 39.2 cm³/mol. The van der Waals surface area contributed by atoms with Crippen molar-refractivity contribution in [2.75, 3.05) is 7.11 Å². The molecule has 2 rings (SSSR count). The zero-order valence-electron chi connectivity index (χ0n) is 7.16. The molecule has 3 heteroatoms. The fraction of sp³-hybridized carbons (Fsp3) is 1.00. The minimum Gasteiger partial charge on any atom is -0.379 e. The average molecular weight is 158 g/mol. The van der Waals surface area contributed by atoms with Gasteiger partial charge in [-0.05, 0) is 13.8 Å². The Kier molecular flexibility index (Phi) is 1.50. The highest BCUT2D eigenvalue weighted by Gasteiger charge is 2.59. The summed E-state index contributed by atoms with van der Waals surface area (Å²) < 4.78 is 16.2. The summed E-state index contributed by atoms with van der Waals surface area (Å²) in [5.41, 5.74) is 0. The zero-order valence-corrected chi connectivity index (χ0v) is 7.16. The third kappa shape index (κ3) is 1.08. The van der Waals surface area contributed by atoms with Gasteiger partial charge in [0.15, 0.2) is 5.79 Å². The molecule has 0 radical (unpaired) electrons. The maximum atomic E-state index is 5.60. The molecule has 0 saturated carbocycles. The van der Waals surface area contributed by atoms with Gasteiger partial charge in [-0.1, -0.05) is 0 Å². The van der Waals surface area contributed by atoms with Crippen LogP contribution in [-0.2, 0) is 14.2 Å². The molecule has 11 heavy (non-hydrogen) atoms. The van der Waals surface area contributed by atoms with E-state index in [0.29, 0.717) is 0 Å². The van der Waals surface area contributed by atoms with E-state index >= 15 is 0 Å². The van der Waals surface area contributed by atoms with Gasteiger partial charge in [-0.25, -0.2) is 0 Å². The van der Waals surface area contributed by atoms with Crippen LogP contribution < -0.4 is 0 Å². The first-order chi connectivity index (χ1) is 5.15. The van der Waals surface area contributed by atoms with Crippen LogP contribution in [-0.4, -0.2) is 31.2 Å². The number of hydrogen-bond acceptors (Lipinski definition) is 3. The molecule has 2 unspecified atom stereocenters. The summed E-state index contributed by atoms with van der Waals surface area (Å²) in [6, 6.07) is 0. The van der Waals surface area contributed by atoms with Crippen LogP contribution in [0.4, 0.5) is 0 Å². The minimum atomic E-state index is -0.283. The normalized spacial score (nSPS) is 55.4. The lowest BCUT2D eigenvalue weighted by Crippen LogP contribution is -2.39. The molecule has 4 atom stereocenters. The first-order valence-electron chi connectivity index (χ1n) is 4.04. The van der Waals surface area contributed by atoms with Crippen molar-refractivity contribution in [2.24, 2.45) is 0 Å². The van der Waals surface area contributed by atoms with Crippen molar-refractivity contribution in [2.45, 2.75) is 44.4 Å². The van der Waals surface area contributed by atoms with Crippen LogP contribution in [0.5, 0.6) is 0 Å². The molecule has 0 N–H and O–H groups in total. The number of ether oxygens (including phenoxy) is 3. The fourth-order valence-corrected chi connectivity index (χ4v) is 1.75. The van der Waals surface area contributed by atoms with Gasteiger partial charge in [0, 0.05) is 13.5 Å². The molecule has 64 valence electrons. The number of epoxide rings is 1. The molecule has 2 fully saturated rings. The maximum Gasteiger partial charge on any atom is 0.193 e. The van der Waals surface area contributed by atoms with E-state index in [9.17, 15) is 0 Å². The highest BCUT2D eigenvalue weighted by atomic mass is 16.8. The summed E-state index contributed by atoms with van der Waals surface area (Å²) in [6.45, 7) is 4.01. The molecule has 2 heterocycles. The summed E-state index contributed by atoms with van der Waals surface area (Å²) in [4.78, 5) is 0. The Hall–Kier alpha value is -0.120. The Labute approximate surface area is 66.6 Å². The van der Waals surface area contributed by atoms with E-state index in [1.165, 1.54) is 0 Å². The largest absolute Gasteiger partial charge is 0.379 e. The summed E-state index contributed by atoms with van der Waals surface area (Å²) >= 11 is 0. The topological polar surface area (TPSA) is 31.0 Å². The number of hydrogen-bond donors (Lipinski definition) is 0. The van der Waals surface area contributed by atoms with Crippen molar-refractivity contribution in [3.05, 3.63) is 0 Å². The summed E-state index contributed by atoms with van der Waals surface area (Å²) in [7, 11) is 1.72. The van der Waals surface area contributed by atoms with Crippen molar-refractivity contribution in [1.82, 2.24) is 0 Å². The zero-order chi connectivity index (χ0) is 8.06. The SMILES string of the molecule is COC1C[C@H]2OC2(C)O[C@H]1C. The van der Waals surface area contributed by atoms with Gasteiger partial charge in [-0.15, -0.1) is 0 Å². The molecule has 2 saturated heterocycles. The quantitative estimate of drug-likeness (QED) is 0.532. The molecule has 0 aromatic carbocycles. The van der Waals surface area contributed by atoms with E-state index in [1.807, 2.05) is 13.8 Å². The second kappa shape index (κ2) is 2.19. The second-order valence-electron chi connectivity index (χ2n) is 3.46. The van der Waals surface area contributed by atoms with Crippen LogP contribution in [0.15, 0.2) is 0 Å². The number of rotatable bonds is 1. The van der Waals surface area contributed by atoms with Crippen molar-refractivity contribution in [1.29, 1.82) is 0 Å². The van der Waals surface area contributed by atoms with E-state index in [4.69, 9.17) is 14.2 Å². The van der Waals surface area contributed by atoms with E-state index in [0.717, 1.165) is 6.42 Å². The smallest absolute Gasteiger partial charge is 0.193 e. The first-order valence-corrected chi connectivity index (χ1v) is 4.04. The molecular weight excluding hydrogens is 144 g/mol. The Morgan fingerprint density at radius 3 is 2.82 bits per heavy atom. The van der Waals surface area contributed by atoms with Crippen LogP contribution in [0.1, 0.15) is 20.3 Å². The highest BCUT2D eigenvalue weighted by molar-refractivity contribution is 4.98. The Balaban J connectivity index is 2.01. The molecule has 0 aliphatic carbocycles. The lowest BCUT2D eigenvalue weighted by Gasteiger charge is -2.28. The van der Waals surface area contributed by atoms with E-state index < -0.39 is 0 Å². The lowest BCUT2D eigenvalue weighted by molar-refractivity contribution is -0.135. The molecule has 2 aliphatic heterocycles. The summed E-state index contributed by atoms with van der Waals surface area (Å²) in [5, 5.41) is 0. The van der Waals surface area contributed by atoms with Crippen LogP contribution >= 0.6 is 0 Å². The molecule has 0 bridgehead atoms. The van der Waals surface area contributed by atoms with Crippen molar-refractivity contribution in [3.8, 4) is 0 Å². The molecule has 0 aromatic heterocycles. The Bertz CT molecular complexity index is 171. The molecular formula is C8H14O3. The standard InChI is InChI=1S/C8H14O3/c1-5-6(9-3)4-7-8(2,10-5)11-7/h5-7H,4H2,1-3H3/t5-,6?,7+,8?/m0/s1. The molecule has 0 spiro atoms. The van der Waals surface area contributed by atoms with Gasteiger partial charge in [-0.2, -0.15) is 0 Å². The minimum absolute atomic E-state index is 0.156. The Morgan fingerprint density at radius 1 is 1.45 bits per heavy atom. The van der Waals surface area contributed by atoms with E-state index in [1.54, 1.807) is 7.11 Å². The van der Waals surface area contributed by atoms with Gasteiger partial charge in [0.1, 0.15) is 6.10 Å². The summed E-state index contributed by atoms with van der Waals surface area (Å²) in [6.07, 6.45) is 1.59. The van der Waals surface area contributed by atoms with Crippen molar-refractivity contribution < 1.29 is 14.2 Å². The van der Waals surface area contributed by atoms with Gasteiger partial charge in [0.25, 0.3) is 0 Å². The second-order valence-corrected chi connectivity index (χ2v) is 3.46. The monoisotopic (exact) mass is 158 g/mol. The third-order valence-corrected chi connectivity index (χ3v) is 2.60. The van der Waals surface area contributed by atoms with Crippen LogP contribution in [0, 0.1) is 0 Å². The van der Waals surface area contributed by atoms with E-state index in [-0.39, 0.29) is 24.1 Å². The molecule has 3 nitrogen and oxygen atoms in total. The molecule has 0 aromatic rings. The van der Waals surface area contributed by atoms with Gasteiger partial charge in [0.05, 0.1) is 12.2 Å². The van der Waals surface area contributed by atoms with E-state index in [2.05, 4.69) is 0 Å². The van der Waals surface area contributed by atoms with Crippen LogP contribution in [0.2, 0.25) is 0 Å². The van der Waals surface area contributed by atoms with Gasteiger partial charge >= 0.3 is 0 Å². The van der Waals surface area contributed by atoms with Gasteiger partial charge in [0.2, 0.25) is 0 Å². The molecule has 0 amide bonds. The highest BCUT2D eigenvalue weighted by Crippen LogP contribution is 2.46. The average Bonchev–Trinajstić information content (AvgIpc) is 2.57. The number of fused-ring (bicyclic) bond motifs is 1. The summed E-state index contributed by atoms with van der Waals surface area (Å²) in [5.74, 6) is -0.283. The lowest BCUT2D eigenvalue weighted by atomic mass is 10.0. The first kappa shape index (κ1) is 7.53. The van der Waals surface area contributed by atoms with Crippen molar-refractivity contribution in [3.63, 3.8) is 0 Å². The fourth-order valence-electron chi connectivity index (χ4n) is 1.75. The van der Waals surface area contributed by atoms with Gasteiger partial charge < -0.3 is 14.2 Å². The third-order valence-electron chi connectivity index (χ3n) is 2.60. The number of methoxy groups -OCH3 is 1. The predicted octanol–water partition coefficient (Wildman–Crippen LogP) is 0.925. The van der Waals surface area contributed by atoms with Crippen molar-refractivity contribution >= 4 is 0 Å². The molecule has 2 aliphatic rings. The van der Waals surface area contributed by atoms with Gasteiger partial charge in [-0.3, -0.25) is 0 Å².